The van der Waals surface area contributed by atoms with Gasteiger partial charge in [0.1, 0.15) is 0 Å². The second-order valence-electron chi connectivity index (χ2n) is 5.06. The molecule has 1 N–H and O–H groups in total. The molecular formula is C15H22O. The molecule has 0 amide bonds. The van der Waals surface area contributed by atoms with Crippen LogP contribution in [0, 0.1) is 0 Å². The Morgan fingerprint density at radius 1 is 1.25 bits per heavy atom. The van der Waals surface area contributed by atoms with Gasteiger partial charge in [-0.1, -0.05) is 56.5 Å². The van der Waals surface area contributed by atoms with Gasteiger partial charge in [-0.25, -0.2) is 0 Å². The van der Waals surface area contributed by atoms with Gasteiger partial charge < -0.3 is 5.11 Å². The summed E-state index contributed by atoms with van der Waals surface area (Å²) in [6, 6.07) is 10.5. The highest BCUT2D eigenvalue weighted by Gasteiger charge is 2.38. The van der Waals surface area contributed by atoms with Crippen molar-refractivity contribution in [2.24, 2.45) is 0 Å². The summed E-state index contributed by atoms with van der Waals surface area (Å²) in [7, 11) is 0. The molecule has 0 aromatic heterocycles. The lowest BCUT2D eigenvalue weighted by atomic mass is 9.70. The molecule has 0 saturated heterocycles. The number of hydrogen-bond acceptors (Lipinski definition) is 1. The van der Waals surface area contributed by atoms with Gasteiger partial charge in [-0.15, -0.1) is 0 Å². The zero-order chi connectivity index (χ0) is 11.4. The molecule has 88 valence electrons. The van der Waals surface area contributed by atoms with Crippen molar-refractivity contribution in [3.8, 4) is 0 Å². The summed E-state index contributed by atoms with van der Waals surface area (Å²) in [4.78, 5) is 0. The van der Waals surface area contributed by atoms with Gasteiger partial charge in [-0.3, -0.25) is 0 Å². The summed E-state index contributed by atoms with van der Waals surface area (Å²) in [5.41, 5.74) is 0.868. The molecule has 0 heterocycles. The molecule has 0 aliphatic heterocycles. The second-order valence-corrected chi connectivity index (χ2v) is 5.06. The Hall–Kier alpha value is -0.820. The van der Waals surface area contributed by atoms with Crippen LogP contribution in [0.15, 0.2) is 30.3 Å². The maximum absolute atomic E-state index is 10.8. The minimum Gasteiger partial charge on any atom is -0.389 e. The van der Waals surface area contributed by atoms with Crippen LogP contribution in [-0.4, -0.2) is 10.7 Å². The van der Waals surface area contributed by atoms with Gasteiger partial charge in [0.25, 0.3) is 0 Å². The van der Waals surface area contributed by atoms with E-state index >= 15 is 0 Å². The van der Waals surface area contributed by atoms with E-state index in [0.717, 1.165) is 25.7 Å². The molecule has 1 saturated carbocycles. The van der Waals surface area contributed by atoms with Crippen molar-refractivity contribution in [2.75, 3.05) is 0 Å². The Bertz CT molecular complexity index is 315. The predicted molar refractivity (Wildman–Crippen MR) is 67.5 cm³/mol. The van der Waals surface area contributed by atoms with E-state index < -0.39 is 5.60 Å². The molecular weight excluding hydrogens is 196 g/mol. The quantitative estimate of drug-likeness (QED) is 0.816. The summed E-state index contributed by atoms with van der Waals surface area (Å²) >= 11 is 0. The third-order valence-corrected chi connectivity index (χ3v) is 3.89. The maximum atomic E-state index is 10.8. The van der Waals surface area contributed by atoms with Gasteiger partial charge in [0.15, 0.2) is 0 Å². The normalized spacial score (nSPS) is 30.2. The monoisotopic (exact) mass is 218 g/mol. The van der Waals surface area contributed by atoms with Crippen LogP contribution in [0.4, 0.5) is 0 Å². The first-order valence-electron chi connectivity index (χ1n) is 6.53. The fourth-order valence-electron chi connectivity index (χ4n) is 3.12. The molecule has 1 aromatic carbocycles. The van der Waals surface area contributed by atoms with Crippen LogP contribution in [0.3, 0.4) is 0 Å². The minimum absolute atomic E-state index is 0.349. The van der Waals surface area contributed by atoms with E-state index in [4.69, 9.17) is 0 Å². The topological polar surface area (TPSA) is 20.2 Å². The van der Waals surface area contributed by atoms with E-state index in [2.05, 4.69) is 31.2 Å². The highest BCUT2D eigenvalue weighted by molar-refractivity contribution is 5.23. The molecule has 2 unspecified atom stereocenters. The third kappa shape index (κ3) is 2.30. The standard InChI is InChI=1S/C15H22O/c1-2-11-15(16)12-7-6-10-14(15)13-8-4-3-5-9-13/h3-5,8-9,14,16H,2,6-7,10-12H2,1H3. The first-order chi connectivity index (χ1) is 7.76. The first-order valence-corrected chi connectivity index (χ1v) is 6.53. The van der Waals surface area contributed by atoms with Crippen LogP contribution in [0.2, 0.25) is 0 Å². The van der Waals surface area contributed by atoms with Crippen LogP contribution in [-0.2, 0) is 0 Å². The number of benzene rings is 1. The summed E-state index contributed by atoms with van der Waals surface area (Å²) in [6.07, 6.45) is 6.55. The maximum Gasteiger partial charge on any atom is 0.0715 e. The second kappa shape index (κ2) is 5.01. The van der Waals surface area contributed by atoms with Crippen molar-refractivity contribution in [1.82, 2.24) is 0 Å². The Morgan fingerprint density at radius 2 is 2.00 bits per heavy atom. The Morgan fingerprint density at radius 3 is 2.69 bits per heavy atom. The Balaban J connectivity index is 2.23. The first kappa shape index (κ1) is 11.7. The number of aliphatic hydroxyl groups is 1. The molecule has 2 rings (SSSR count). The van der Waals surface area contributed by atoms with Crippen molar-refractivity contribution in [3.05, 3.63) is 35.9 Å². The van der Waals surface area contributed by atoms with E-state index in [1.165, 1.54) is 18.4 Å². The lowest BCUT2D eigenvalue weighted by Gasteiger charge is -2.40. The molecule has 16 heavy (non-hydrogen) atoms. The van der Waals surface area contributed by atoms with Gasteiger partial charge in [-0.2, -0.15) is 0 Å². The molecule has 1 aliphatic rings. The van der Waals surface area contributed by atoms with E-state index in [-0.39, 0.29) is 0 Å². The SMILES string of the molecule is CCCC1(O)CCCCC1c1ccccc1. The molecule has 1 aromatic rings. The van der Waals surface area contributed by atoms with E-state index in [0.29, 0.717) is 5.92 Å². The van der Waals surface area contributed by atoms with Crippen LogP contribution in [0.25, 0.3) is 0 Å². The third-order valence-electron chi connectivity index (χ3n) is 3.89. The van der Waals surface area contributed by atoms with Gasteiger partial charge in [-0.05, 0) is 24.8 Å². The molecule has 0 radical (unpaired) electrons. The predicted octanol–water partition coefficient (Wildman–Crippen LogP) is 3.88. The minimum atomic E-state index is -0.450. The molecule has 2 atom stereocenters. The fraction of sp³-hybridized carbons (Fsp3) is 0.600. The van der Waals surface area contributed by atoms with E-state index in [9.17, 15) is 5.11 Å². The van der Waals surface area contributed by atoms with Crippen molar-refractivity contribution in [1.29, 1.82) is 0 Å². The number of hydrogen-bond donors (Lipinski definition) is 1. The smallest absolute Gasteiger partial charge is 0.0715 e. The highest BCUT2D eigenvalue weighted by atomic mass is 16.3. The van der Waals surface area contributed by atoms with Crippen LogP contribution >= 0.6 is 0 Å². The van der Waals surface area contributed by atoms with Gasteiger partial charge in [0.2, 0.25) is 0 Å². The summed E-state index contributed by atoms with van der Waals surface area (Å²) in [6.45, 7) is 2.16. The van der Waals surface area contributed by atoms with Crippen molar-refractivity contribution < 1.29 is 5.11 Å². The molecule has 0 bridgehead atoms. The lowest BCUT2D eigenvalue weighted by Crippen LogP contribution is -2.38. The molecule has 1 nitrogen and oxygen atoms in total. The summed E-state index contributed by atoms with van der Waals surface area (Å²) in [5, 5.41) is 10.8. The van der Waals surface area contributed by atoms with Crippen molar-refractivity contribution >= 4 is 0 Å². The average Bonchev–Trinajstić information content (AvgIpc) is 2.31. The number of rotatable bonds is 3. The van der Waals surface area contributed by atoms with E-state index in [1.54, 1.807) is 0 Å². The average molecular weight is 218 g/mol. The van der Waals surface area contributed by atoms with Gasteiger partial charge in [0.05, 0.1) is 5.60 Å². The molecule has 0 spiro atoms. The van der Waals surface area contributed by atoms with Crippen molar-refractivity contribution in [3.63, 3.8) is 0 Å². The zero-order valence-corrected chi connectivity index (χ0v) is 10.2. The Labute approximate surface area is 98.5 Å². The van der Waals surface area contributed by atoms with Crippen LogP contribution < -0.4 is 0 Å². The van der Waals surface area contributed by atoms with Crippen LogP contribution in [0.1, 0.15) is 56.9 Å². The van der Waals surface area contributed by atoms with Crippen molar-refractivity contribution in [2.45, 2.75) is 57.0 Å². The molecule has 1 aliphatic carbocycles. The van der Waals surface area contributed by atoms with Crippen LogP contribution in [0.5, 0.6) is 0 Å². The van der Waals surface area contributed by atoms with Gasteiger partial charge >= 0.3 is 0 Å². The Kier molecular flexibility index (Phi) is 3.65. The molecule has 1 fully saturated rings. The van der Waals surface area contributed by atoms with Gasteiger partial charge in [0, 0.05) is 5.92 Å². The summed E-state index contributed by atoms with van der Waals surface area (Å²) < 4.78 is 0. The fourth-order valence-corrected chi connectivity index (χ4v) is 3.12. The lowest BCUT2D eigenvalue weighted by molar-refractivity contribution is -0.0249. The summed E-state index contributed by atoms with van der Waals surface area (Å²) in [5.74, 6) is 0.349. The van der Waals surface area contributed by atoms with E-state index in [1.807, 2.05) is 6.07 Å². The highest BCUT2D eigenvalue weighted by Crippen LogP contribution is 2.43. The largest absolute Gasteiger partial charge is 0.389 e. The molecule has 1 heteroatoms. The zero-order valence-electron chi connectivity index (χ0n) is 10.2.